The molecule has 3 nitrogen and oxygen atoms in total. The van der Waals surface area contributed by atoms with Gasteiger partial charge in [-0.05, 0) is 54.8 Å². The first-order chi connectivity index (χ1) is 10.6. The van der Waals surface area contributed by atoms with Gasteiger partial charge in [0.1, 0.15) is 0 Å². The zero-order valence-corrected chi connectivity index (χ0v) is 13.5. The second-order valence-corrected chi connectivity index (χ2v) is 6.22. The lowest BCUT2D eigenvalue weighted by atomic mass is 10.1. The number of amides is 1. The highest BCUT2D eigenvalue weighted by Gasteiger charge is 2.04. The third-order valence-electron chi connectivity index (χ3n) is 3.06. The largest absolute Gasteiger partial charge is 0.325 e. The second-order valence-electron chi connectivity index (χ2n) is 5.23. The molecule has 2 aromatic rings. The van der Waals surface area contributed by atoms with Gasteiger partial charge in [0.25, 0.3) is 0 Å². The summed E-state index contributed by atoms with van der Waals surface area (Å²) >= 11 is 1.54. The predicted molar refractivity (Wildman–Crippen MR) is 91.9 cm³/mol. The number of benzene rings is 2. The van der Waals surface area contributed by atoms with Gasteiger partial charge in [-0.3, -0.25) is 4.79 Å². The summed E-state index contributed by atoms with van der Waals surface area (Å²) in [6, 6.07) is 15.6. The normalized spacial score (nSPS) is 10.0. The molecule has 0 fully saturated rings. The topological polar surface area (TPSA) is 52.9 Å². The maximum Gasteiger partial charge on any atom is 0.234 e. The van der Waals surface area contributed by atoms with E-state index in [1.54, 1.807) is 6.07 Å². The van der Waals surface area contributed by atoms with Crippen LogP contribution in [0.5, 0.6) is 0 Å². The van der Waals surface area contributed by atoms with E-state index in [0.717, 1.165) is 28.1 Å². The molecule has 0 aliphatic heterocycles. The highest BCUT2D eigenvalue weighted by atomic mass is 32.2. The van der Waals surface area contributed by atoms with Crippen molar-refractivity contribution in [2.75, 3.05) is 11.1 Å². The molecule has 1 amide bonds. The van der Waals surface area contributed by atoms with Gasteiger partial charge in [0, 0.05) is 11.4 Å². The molecule has 0 aliphatic rings. The third-order valence-corrected chi connectivity index (χ3v) is 4.07. The molecule has 4 heteroatoms. The quantitative estimate of drug-likeness (QED) is 0.906. The van der Waals surface area contributed by atoms with Gasteiger partial charge in [0.05, 0.1) is 17.4 Å². The molecule has 0 bridgehead atoms. The summed E-state index contributed by atoms with van der Waals surface area (Å²) in [6.45, 7) is 4.03. The van der Waals surface area contributed by atoms with Crippen LogP contribution < -0.4 is 5.32 Å². The van der Waals surface area contributed by atoms with Gasteiger partial charge >= 0.3 is 0 Å². The van der Waals surface area contributed by atoms with E-state index >= 15 is 0 Å². The van der Waals surface area contributed by atoms with Gasteiger partial charge in [-0.15, -0.1) is 11.8 Å². The van der Waals surface area contributed by atoms with E-state index < -0.39 is 0 Å². The number of carbonyl (C=O) groups is 1. The maximum absolute atomic E-state index is 12.0. The molecule has 0 saturated heterocycles. The molecule has 1 N–H and O–H groups in total. The van der Waals surface area contributed by atoms with Crippen LogP contribution in [-0.4, -0.2) is 11.7 Å². The molecule has 2 rings (SSSR count). The van der Waals surface area contributed by atoms with Gasteiger partial charge in [0.2, 0.25) is 5.91 Å². The summed E-state index contributed by atoms with van der Waals surface area (Å²) in [5.74, 6) is 1.10. The Hall–Kier alpha value is -2.25. The zero-order chi connectivity index (χ0) is 15.9. The molecule has 0 spiro atoms. The van der Waals surface area contributed by atoms with Crippen LogP contribution in [0.1, 0.15) is 22.3 Å². The standard InChI is InChI=1S/C18H18N2OS/c1-13-6-14(2)8-17(7-13)20-18(21)12-22-11-16-5-3-4-15(9-16)10-19/h3-9H,11-12H2,1-2H3,(H,20,21). The number of anilines is 1. The summed E-state index contributed by atoms with van der Waals surface area (Å²) in [7, 11) is 0. The van der Waals surface area contributed by atoms with Crippen LogP contribution in [0.3, 0.4) is 0 Å². The molecular weight excluding hydrogens is 292 g/mol. The van der Waals surface area contributed by atoms with Crippen molar-refractivity contribution in [1.82, 2.24) is 0 Å². The minimum atomic E-state index is -0.00793. The van der Waals surface area contributed by atoms with Gasteiger partial charge < -0.3 is 5.32 Å². The van der Waals surface area contributed by atoms with Crippen LogP contribution in [0.2, 0.25) is 0 Å². The first-order valence-electron chi connectivity index (χ1n) is 7.02. The number of nitrogens with zero attached hydrogens (tertiary/aromatic N) is 1. The molecule has 0 atom stereocenters. The van der Waals surface area contributed by atoms with E-state index in [4.69, 9.17) is 5.26 Å². The zero-order valence-electron chi connectivity index (χ0n) is 12.7. The Kier molecular flexibility index (Phi) is 5.62. The van der Waals surface area contributed by atoms with Gasteiger partial charge in [0.15, 0.2) is 0 Å². The van der Waals surface area contributed by atoms with E-state index in [0.29, 0.717) is 11.3 Å². The Balaban J connectivity index is 1.84. The molecule has 0 aliphatic carbocycles. The molecule has 0 aromatic heterocycles. The Morgan fingerprint density at radius 1 is 1.18 bits per heavy atom. The second kappa shape index (κ2) is 7.67. The molecule has 22 heavy (non-hydrogen) atoms. The van der Waals surface area contributed by atoms with E-state index in [1.165, 1.54) is 11.8 Å². The summed E-state index contributed by atoms with van der Waals surface area (Å²) in [4.78, 5) is 12.0. The van der Waals surface area contributed by atoms with Crippen molar-refractivity contribution in [3.63, 3.8) is 0 Å². The lowest BCUT2D eigenvalue weighted by Gasteiger charge is -2.07. The maximum atomic E-state index is 12.0. The first-order valence-corrected chi connectivity index (χ1v) is 8.17. The summed E-state index contributed by atoms with van der Waals surface area (Å²) < 4.78 is 0. The van der Waals surface area contributed by atoms with Crippen molar-refractivity contribution in [3.8, 4) is 6.07 Å². The van der Waals surface area contributed by atoms with Crippen molar-refractivity contribution in [3.05, 3.63) is 64.7 Å². The number of nitrogens with one attached hydrogen (secondary N) is 1. The van der Waals surface area contributed by atoms with Gasteiger partial charge in [-0.25, -0.2) is 0 Å². The Morgan fingerprint density at radius 3 is 2.59 bits per heavy atom. The Morgan fingerprint density at radius 2 is 1.91 bits per heavy atom. The van der Waals surface area contributed by atoms with Crippen LogP contribution >= 0.6 is 11.8 Å². The van der Waals surface area contributed by atoms with E-state index in [2.05, 4.69) is 17.5 Å². The number of hydrogen-bond donors (Lipinski definition) is 1. The molecule has 0 radical (unpaired) electrons. The lowest BCUT2D eigenvalue weighted by molar-refractivity contribution is -0.113. The fraction of sp³-hybridized carbons (Fsp3) is 0.222. The van der Waals surface area contributed by atoms with Crippen molar-refractivity contribution < 1.29 is 4.79 Å². The number of aryl methyl sites for hydroxylation is 2. The first kappa shape index (κ1) is 16.1. The fourth-order valence-corrected chi connectivity index (χ4v) is 3.01. The number of rotatable bonds is 5. The number of hydrogen-bond acceptors (Lipinski definition) is 3. The van der Waals surface area contributed by atoms with Crippen molar-refractivity contribution in [2.24, 2.45) is 0 Å². The molecule has 0 saturated carbocycles. The molecule has 2 aromatic carbocycles. The minimum absolute atomic E-state index is 0.00793. The summed E-state index contributed by atoms with van der Waals surface area (Å²) in [5.41, 5.74) is 4.82. The van der Waals surface area contributed by atoms with Crippen molar-refractivity contribution in [2.45, 2.75) is 19.6 Å². The number of nitriles is 1. The van der Waals surface area contributed by atoms with Crippen LogP contribution in [0.4, 0.5) is 5.69 Å². The van der Waals surface area contributed by atoms with Crippen LogP contribution in [0.25, 0.3) is 0 Å². The Labute approximate surface area is 135 Å². The smallest absolute Gasteiger partial charge is 0.234 e. The average Bonchev–Trinajstić information content (AvgIpc) is 2.46. The van der Waals surface area contributed by atoms with Crippen LogP contribution in [0.15, 0.2) is 42.5 Å². The highest BCUT2D eigenvalue weighted by Crippen LogP contribution is 2.16. The van der Waals surface area contributed by atoms with Crippen LogP contribution in [-0.2, 0) is 10.5 Å². The van der Waals surface area contributed by atoms with Gasteiger partial charge in [-0.1, -0.05) is 18.2 Å². The molecular formula is C18H18N2OS. The van der Waals surface area contributed by atoms with Crippen molar-refractivity contribution >= 4 is 23.4 Å². The lowest BCUT2D eigenvalue weighted by Crippen LogP contribution is -2.14. The number of thioether (sulfide) groups is 1. The summed E-state index contributed by atoms with van der Waals surface area (Å²) in [6.07, 6.45) is 0. The monoisotopic (exact) mass is 310 g/mol. The SMILES string of the molecule is Cc1cc(C)cc(NC(=O)CSCc2cccc(C#N)c2)c1. The van der Waals surface area contributed by atoms with E-state index in [1.807, 2.05) is 44.2 Å². The van der Waals surface area contributed by atoms with Gasteiger partial charge in [-0.2, -0.15) is 5.26 Å². The predicted octanol–water partition coefficient (Wildman–Crippen LogP) is 4.05. The van der Waals surface area contributed by atoms with E-state index in [9.17, 15) is 4.79 Å². The summed E-state index contributed by atoms with van der Waals surface area (Å²) in [5, 5.41) is 11.8. The fourth-order valence-electron chi connectivity index (χ4n) is 2.24. The Bertz CT molecular complexity index is 699. The third kappa shape index (κ3) is 4.94. The molecule has 112 valence electrons. The minimum Gasteiger partial charge on any atom is -0.325 e. The number of carbonyl (C=O) groups excluding carboxylic acids is 1. The highest BCUT2D eigenvalue weighted by molar-refractivity contribution is 7.99. The molecule has 0 heterocycles. The van der Waals surface area contributed by atoms with Crippen molar-refractivity contribution in [1.29, 1.82) is 5.26 Å². The van der Waals surface area contributed by atoms with Crippen LogP contribution in [0, 0.1) is 25.2 Å². The molecule has 0 unspecified atom stereocenters. The average molecular weight is 310 g/mol. The van der Waals surface area contributed by atoms with E-state index in [-0.39, 0.29) is 5.91 Å².